The Morgan fingerprint density at radius 1 is 1.56 bits per heavy atom. The number of ether oxygens (including phenoxy) is 1. The van der Waals surface area contributed by atoms with Gasteiger partial charge < -0.3 is 10.1 Å². The first-order chi connectivity index (χ1) is 7.28. The summed E-state index contributed by atoms with van der Waals surface area (Å²) in [5.74, 6) is 0.556. The molecule has 1 saturated heterocycles. The lowest BCUT2D eigenvalue weighted by atomic mass is 10.2. The molecule has 0 saturated carbocycles. The highest BCUT2D eigenvalue weighted by Crippen LogP contribution is 2.15. The molecule has 0 amide bonds. The second-order valence-corrected chi connectivity index (χ2v) is 3.68. The summed E-state index contributed by atoms with van der Waals surface area (Å²) in [6.45, 7) is 3.71. The highest BCUT2D eigenvalue weighted by atomic mass is 35.5. The van der Waals surface area contributed by atoms with E-state index in [1.54, 1.807) is 12.1 Å². The fourth-order valence-electron chi connectivity index (χ4n) is 1.66. The lowest BCUT2D eigenvalue weighted by Gasteiger charge is -2.11. The van der Waals surface area contributed by atoms with Gasteiger partial charge in [0.1, 0.15) is 6.10 Å². The molecule has 0 spiro atoms. The number of hydrogen-bond acceptors (Lipinski definition) is 4. The number of nitriles is 1. The molecule has 0 aromatic carbocycles. The van der Waals surface area contributed by atoms with E-state index >= 15 is 0 Å². The van der Waals surface area contributed by atoms with Crippen molar-refractivity contribution in [2.45, 2.75) is 19.4 Å². The Labute approximate surface area is 101 Å². The zero-order valence-electron chi connectivity index (χ0n) is 9.06. The third kappa shape index (κ3) is 3.09. The van der Waals surface area contributed by atoms with E-state index in [0.717, 1.165) is 25.2 Å². The topological polar surface area (TPSA) is 57.9 Å². The summed E-state index contributed by atoms with van der Waals surface area (Å²) in [5.41, 5.74) is 1.42. The van der Waals surface area contributed by atoms with Crippen molar-refractivity contribution >= 4 is 12.4 Å². The van der Waals surface area contributed by atoms with Crippen LogP contribution in [-0.4, -0.2) is 24.2 Å². The van der Waals surface area contributed by atoms with Crippen LogP contribution in [0.25, 0.3) is 0 Å². The van der Waals surface area contributed by atoms with Crippen LogP contribution in [0.3, 0.4) is 0 Å². The average molecular weight is 240 g/mol. The summed E-state index contributed by atoms with van der Waals surface area (Å²) in [6.07, 6.45) is 1.18. The molecular formula is C11H14ClN3O. The molecule has 0 aliphatic carbocycles. The molecule has 1 aromatic rings. The first-order valence-corrected chi connectivity index (χ1v) is 5.04. The number of rotatable bonds is 2. The van der Waals surface area contributed by atoms with Crippen molar-refractivity contribution in [3.05, 3.63) is 23.4 Å². The number of hydrogen-bond donors (Lipinski definition) is 1. The van der Waals surface area contributed by atoms with Crippen molar-refractivity contribution in [2.75, 3.05) is 13.1 Å². The van der Waals surface area contributed by atoms with Crippen molar-refractivity contribution in [3.63, 3.8) is 0 Å². The van der Waals surface area contributed by atoms with Crippen molar-refractivity contribution in [1.82, 2.24) is 10.3 Å². The van der Waals surface area contributed by atoms with Crippen LogP contribution in [0, 0.1) is 18.3 Å². The Morgan fingerprint density at radius 3 is 3.00 bits per heavy atom. The highest BCUT2D eigenvalue weighted by molar-refractivity contribution is 5.85. The second kappa shape index (κ2) is 5.69. The Bertz CT molecular complexity index is 397. The minimum absolute atomic E-state index is 0. The van der Waals surface area contributed by atoms with Crippen LogP contribution in [0.2, 0.25) is 0 Å². The Morgan fingerprint density at radius 2 is 2.38 bits per heavy atom. The van der Waals surface area contributed by atoms with Gasteiger partial charge in [-0.05, 0) is 26.0 Å². The maximum absolute atomic E-state index is 8.80. The van der Waals surface area contributed by atoms with Crippen molar-refractivity contribution in [2.24, 2.45) is 0 Å². The standard InChI is InChI=1S/C11H13N3O.ClH/c1-8-4-9(6-12)5-11(14-8)15-10-2-3-13-7-10;/h4-5,10,13H,2-3,7H2,1H3;1H/t10-;/m0./s1. The minimum Gasteiger partial charge on any atom is -0.473 e. The van der Waals surface area contributed by atoms with Crippen LogP contribution in [0.15, 0.2) is 12.1 Å². The van der Waals surface area contributed by atoms with Crippen LogP contribution in [0.1, 0.15) is 17.7 Å². The maximum atomic E-state index is 8.80. The van der Waals surface area contributed by atoms with Crippen LogP contribution < -0.4 is 10.1 Å². The molecule has 2 heterocycles. The molecule has 86 valence electrons. The summed E-state index contributed by atoms with van der Waals surface area (Å²) in [4.78, 5) is 4.24. The van der Waals surface area contributed by atoms with E-state index in [2.05, 4.69) is 16.4 Å². The van der Waals surface area contributed by atoms with Gasteiger partial charge in [-0.2, -0.15) is 5.26 Å². The third-order valence-corrected chi connectivity index (χ3v) is 2.36. The molecule has 1 N–H and O–H groups in total. The van der Waals surface area contributed by atoms with Gasteiger partial charge in [0.05, 0.1) is 11.6 Å². The number of aryl methyl sites for hydroxylation is 1. The fraction of sp³-hybridized carbons (Fsp3) is 0.455. The minimum atomic E-state index is 0. The number of nitrogens with zero attached hydrogens (tertiary/aromatic N) is 2. The van der Waals surface area contributed by atoms with Gasteiger partial charge in [-0.3, -0.25) is 0 Å². The Balaban J connectivity index is 0.00000128. The zero-order valence-corrected chi connectivity index (χ0v) is 9.88. The fourth-order valence-corrected chi connectivity index (χ4v) is 1.66. The van der Waals surface area contributed by atoms with Gasteiger partial charge in [-0.15, -0.1) is 12.4 Å². The van der Waals surface area contributed by atoms with E-state index in [4.69, 9.17) is 10.00 Å². The normalized spacial score (nSPS) is 18.6. The molecular weight excluding hydrogens is 226 g/mol. The molecule has 0 unspecified atom stereocenters. The van der Waals surface area contributed by atoms with Gasteiger partial charge in [0, 0.05) is 18.3 Å². The number of pyridine rings is 1. The highest BCUT2D eigenvalue weighted by Gasteiger charge is 2.16. The molecule has 2 rings (SSSR count). The first-order valence-electron chi connectivity index (χ1n) is 5.04. The molecule has 4 nitrogen and oxygen atoms in total. The summed E-state index contributed by atoms with van der Waals surface area (Å²) in [7, 11) is 0. The molecule has 0 radical (unpaired) electrons. The van der Waals surface area contributed by atoms with Gasteiger partial charge >= 0.3 is 0 Å². The van der Waals surface area contributed by atoms with Gasteiger partial charge in [-0.1, -0.05) is 0 Å². The lowest BCUT2D eigenvalue weighted by Crippen LogP contribution is -2.20. The monoisotopic (exact) mass is 239 g/mol. The maximum Gasteiger partial charge on any atom is 0.215 e. The second-order valence-electron chi connectivity index (χ2n) is 3.68. The number of nitrogens with one attached hydrogen (secondary N) is 1. The van der Waals surface area contributed by atoms with Gasteiger partial charge in [0.15, 0.2) is 0 Å². The smallest absolute Gasteiger partial charge is 0.215 e. The third-order valence-electron chi connectivity index (χ3n) is 2.36. The summed E-state index contributed by atoms with van der Waals surface area (Å²) in [6, 6.07) is 5.53. The van der Waals surface area contributed by atoms with Crippen LogP contribution in [0.4, 0.5) is 0 Å². The Kier molecular flexibility index (Phi) is 4.53. The van der Waals surface area contributed by atoms with E-state index in [0.29, 0.717) is 11.4 Å². The van der Waals surface area contributed by atoms with E-state index < -0.39 is 0 Å². The molecule has 0 bridgehead atoms. The first kappa shape index (κ1) is 12.8. The predicted octanol–water partition coefficient (Wildman–Crippen LogP) is 1.42. The van der Waals surface area contributed by atoms with Gasteiger partial charge in [0.25, 0.3) is 0 Å². The summed E-state index contributed by atoms with van der Waals surface area (Å²) < 4.78 is 5.67. The summed E-state index contributed by atoms with van der Waals surface area (Å²) in [5, 5.41) is 12.0. The molecule has 1 fully saturated rings. The van der Waals surface area contributed by atoms with E-state index in [1.165, 1.54) is 0 Å². The number of halogens is 1. The van der Waals surface area contributed by atoms with Crippen LogP contribution in [-0.2, 0) is 0 Å². The van der Waals surface area contributed by atoms with Gasteiger partial charge in [0.2, 0.25) is 5.88 Å². The van der Waals surface area contributed by atoms with E-state index in [9.17, 15) is 0 Å². The van der Waals surface area contributed by atoms with Crippen molar-refractivity contribution < 1.29 is 4.74 Å². The van der Waals surface area contributed by atoms with Crippen molar-refractivity contribution in [3.8, 4) is 11.9 Å². The van der Waals surface area contributed by atoms with Crippen LogP contribution in [0.5, 0.6) is 5.88 Å². The molecule has 1 aliphatic rings. The molecule has 1 aromatic heterocycles. The van der Waals surface area contributed by atoms with Crippen molar-refractivity contribution in [1.29, 1.82) is 5.26 Å². The molecule has 16 heavy (non-hydrogen) atoms. The SMILES string of the molecule is Cc1cc(C#N)cc(O[C@H]2CCNC2)n1.Cl. The Hall–Kier alpha value is -1.31. The van der Waals surface area contributed by atoms with Crippen LogP contribution >= 0.6 is 12.4 Å². The largest absolute Gasteiger partial charge is 0.473 e. The van der Waals surface area contributed by atoms with Gasteiger partial charge in [-0.25, -0.2) is 4.98 Å². The van der Waals surface area contributed by atoms with E-state index in [-0.39, 0.29) is 18.5 Å². The van der Waals surface area contributed by atoms with E-state index in [1.807, 2.05) is 6.92 Å². The molecule has 1 atom stereocenters. The zero-order chi connectivity index (χ0) is 10.7. The quantitative estimate of drug-likeness (QED) is 0.848. The predicted molar refractivity (Wildman–Crippen MR) is 62.8 cm³/mol. The molecule has 5 heteroatoms. The number of aromatic nitrogens is 1. The summed E-state index contributed by atoms with van der Waals surface area (Å²) >= 11 is 0. The molecule has 1 aliphatic heterocycles. The lowest BCUT2D eigenvalue weighted by molar-refractivity contribution is 0.213. The average Bonchev–Trinajstić information content (AvgIpc) is 2.69.